The van der Waals surface area contributed by atoms with Crippen LogP contribution in [0.2, 0.25) is 0 Å². The first kappa shape index (κ1) is 18.8. The molecule has 1 atom stereocenters. The van der Waals surface area contributed by atoms with E-state index >= 15 is 0 Å². The molecular formula is C18H26N4O3. The monoisotopic (exact) mass is 346 g/mol. The zero-order valence-corrected chi connectivity index (χ0v) is 15.4. The van der Waals surface area contributed by atoms with Crippen LogP contribution in [0.25, 0.3) is 0 Å². The van der Waals surface area contributed by atoms with E-state index in [4.69, 9.17) is 0 Å². The number of amides is 4. The summed E-state index contributed by atoms with van der Waals surface area (Å²) in [4.78, 5) is 39.8. The van der Waals surface area contributed by atoms with Gasteiger partial charge < -0.3 is 15.5 Å². The van der Waals surface area contributed by atoms with Gasteiger partial charge in [0.2, 0.25) is 5.91 Å². The first-order valence-corrected chi connectivity index (χ1v) is 8.34. The summed E-state index contributed by atoms with van der Waals surface area (Å²) < 4.78 is 0. The summed E-state index contributed by atoms with van der Waals surface area (Å²) in [5.74, 6) is -0.516. The van der Waals surface area contributed by atoms with Crippen molar-refractivity contribution in [3.63, 3.8) is 0 Å². The number of imide groups is 1. The molecular weight excluding hydrogens is 320 g/mol. The third-order valence-electron chi connectivity index (χ3n) is 4.13. The lowest BCUT2D eigenvalue weighted by Crippen LogP contribution is -2.45. The third kappa shape index (κ3) is 4.29. The van der Waals surface area contributed by atoms with Crippen LogP contribution in [0.1, 0.15) is 27.2 Å². The number of hydrogen-bond acceptors (Lipinski definition) is 4. The fourth-order valence-corrected chi connectivity index (χ4v) is 3.03. The van der Waals surface area contributed by atoms with Gasteiger partial charge in [-0.25, -0.2) is 4.79 Å². The van der Waals surface area contributed by atoms with Gasteiger partial charge in [0, 0.05) is 25.5 Å². The van der Waals surface area contributed by atoms with Crippen molar-refractivity contribution in [2.24, 2.45) is 5.92 Å². The average Bonchev–Trinajstić information content (AvgIpc) is 2.70. The van der Waals surface area contributed by atoms with Gasteiger partial charge in [-0.05, 0) is 43.5 Å². The maximum Gasteiger partial charge on any atom is 0.325 e. The van der Waals surface area contributed by atoms with E-state index in [0.29, 0.717) is 12.1 Å². The summed E-state index contributed by atoms with van der Waals surface area (Å²) in [6.45, 7) is 5.37. The molecule has 25 heavy (non-hydrogen) atoms. The van der Waals surface area contributed by atoms with Crippen LogP contribution in [-0.4, -0.2) is 48.9 Å². The van der Waals surface area contributed by atoms with Crippen molar-refractivity contribution >= 4 is 29.2 Å². The second kappa shape index (κ2) is 7.13. The first-order chi connectivity index (χ1) is 11.6. The Morgan fingerprint density at radius 2 is 1.84 bits per heavy atom. The molecule has 0 bridgehead atoms. The molecule has 0 spiro atoms. The van der Waals surface area contributed by atoms with E-state index in [-0.39, 0.29) is 18.4 Å². The van der Waals surface area contributed by atoms with Gasteiger partial charge in [-0.15, -0.1) is 0 Å². The van der Waals surface area contributed by atoms with Crippen molar-refractivity contribution < 1.29 is 14.4 Å². The Balaban J connectivity index is 2.00. The molecule has 0 saturated carbocycles. The van der Waals surface area contributed by atoms with Gasteiger partial charge in [0.05, 0.1) is 0 Å². The number of benzene rings is 1. The third-order valence-corrected chi connectivity index (χ3v) is 4.13. The summed E-state index contributed by atoms with van der Waals surface area (Å²) >= 11 is 0. The Bertz CT molecular complexity index is 669. The second-order valence-electron chi connectivity index (χ2n) is 7.24. The highest BCUT2D eigenvalue weighted by molar-refractivity contribution is 6.09. The SMILES string of the molecule is CC(C)C[C@]1(C)NC(=O)N(CC(=O)Nc2ccc(N(C)C)cc2)C1=O. The quantitative estimate of drug-likeness (QED) is 0.773. The van der Waals surface area contributed by atoms with Crippen LogP contribution < -0.4 is 15.5 Å². The van der Waals surface area contributed by atoms with E-state index in [9.17, 15) is 14.4 Å². The van der Waals surface area contributed by atoms with E-state index in [0.717, 1.165) is 10.6 Å². The molecule has 7 heteroatoms. The average molecular weight is 346 g/mol. The van der Waals surface area contributed by atoms with Gasteiger partial charge >= 0.3 is 6.03 Å². The van der Waals surface area contributed by atoms with Crippen LogP contribution in [0.4, 0.5) is 16.2 Å². The molecule has 1 aliphatic rings. The fourth-order valence-electron chi connectivity index (χ4n) is 3.03. The molecule has 1 aromatic rings. The standard InChI is InChI=1S/C18H26N4O3/c1-12(2)10-18(3)16(24)22(17(25)20-18)11-15(23)19-13-6-8-14(9-7-13)21(4)5/h6-9,12H,10-11H2,1-5H3,(H,19,23)(H,20,25)/t18-/m0/s1. The van der Waals surface area contributed by atoms with Gasteiger partial charge in [-0.1, -0.05) is 13.8 Å². The topological polar surface area (TPSA) is 81.8 Å². The molecule has 4 amide bonds. The molecule has 1 aromatic carbocycles. The smallest absolute Gasteiger partial charge is 0.325 e. The van der Waals surface area contributed by atoms with Gasteiger partial charge in [0.15, 0.2) is 0 Å². The van der Waals surface area contributed by atoms with Crippen LogP contribution in [0.15, 0.2) is 24.3 Å². The number of anilines is 2. The molecule has 1 aliphatic heterocycles. The number of urea groups is 1. The molecule has 1 saturated heterocycles. The zero-order valence-electron chi connectivity index (χ0n) is 15.4. The van der Waals surface area contributed by atoms with Crippen molar-refractivity contribution in [1.29, 1.82) is 0 Å². The molecule has 2 N–H and O–H groups in total. The summed E-state index contributed by atoms with van der Waals surface area (Å²) in [5, 5.41) is 5.42. The molecule has 2 rings (SSSR count). The van der Waals surface area contributed by atoms with Gasteiger partial charge in [0.25, 0.3) is 5.91 Å². The molecule has 0 unspecified atom stereocenters. The highest BCUT2D eigenvalue weighted by Crippen LogP contribution is 2.25. The maximum absolute atomic E-state index is 12.5. The minimum atomic E-state index is -0.946. The van der Waals surface area contributed by atoms with E-state index in [1.54, 1.807) is 19.1 Å². The highest BCUT2D eigenvalue weighted by Gasteiger charge is 2.48. The van der Waals surface area contributed by atoms with Gasteiger partial charge in [-0.3, -0.25) is 14.5 Å². The molecule has 0 radical (unpaired) electrons. The lowest BCUT2D eigenvalue weighted by molar-refractivity contribution is -0.133. The Morgan fingerprint density at radius 3 is 2.36 bits per heavy atom. The summed E-state index contributed by atoms with van der Waals surface area (Å²) in [6.07, 6.45) is 0.529. The Morgan fingerprint density at radius 1 is 1.24 bits per heavy atom. The van der Waals surface area contributed by atoms with Crippen molar-refractivity contribution in [3.8, 4) is 0 Å². The second-order valence-corrected chi connectivity index (χ2v) is 7.24. The van der Waals surface area contributed by atoms with E-state index in [2.05, 4.69) is 10.6 Å². The minimum Gasteiger partial charge on any atom is -0.378 e. The predicted molar refractivity (Wildman–Crippen MR) is 97.5 cm³/mol. The molecule has 0 aromatic heterocycles. The van der Waals surface area contributed by atoms with Crippen LogP contribution in [0, 0.1) is 5.92 Å². The van der Waals surface area contributed by atoms with Gasteiger partial charge in [0.1, 0.15) is 12.1 Å². The van der Waals surface area contributed by atoms with E-state index in [1.807, 2.05) is 45.0 Å². The lowest BCUT2D eigenvalue weighted by Gasteiger charge is -2.23. The lowest BCUT2D eigenvalue weighted by atomic mass is 9.91. The molecule has 7 nitrogen and oxygen atoms in total. The summed E-state index contributed by atoms with van der Waals surface area (Å²) in [7, 11) is 3.86. The van der Waals surface area contributed by atoms with Gasteiger partial charge in [-0.2, -0.15) is 0 Å². The van der Waals surface area contributed by atoms with E-state index < -0.39 is 17.5 Å². The zero-order chi connectivity index (χ0) is 18.8. The number of nitrogens with one attached hydrogen (secondary N) is 2. The van der Waals surface area contributed by atoms with Crippen LogP contribution in [0.5, 0.6) is 0 Å². The largest absolute Gasteiger partial charge is 0.378 e. The normalized spacial score (nSPS) is 20.0. The van der Waals surface area contributed by atoms with Crippen LogP contribution >= 0.6 is 0 Å². The Kier molecular flexibility index (Phi) is 5.35. The molecule has 1 fully saturated rings. The number of carbonyl (C=O) groups is 3. The minimum absolute atomic E-state index is 0.248. The van der Waals surface area contributed by atoms with Crippen molar-refractivity contribution in [1.82, 2.24) is 10.2 Å². The molecule has 0 aliphatic carbocycles. The molecule has 136 valence electrons. The van der Waals surface area contributed by atoms with Crippen LogP contribution in [-0.2, 0) is 9.59 Å². The summed E-state index contributed by atoms with van der Waals surface area (Å²) in [6, 6.07) is 6.79. The Labute approximate surface area is 148 Å². The predicted octanol–water partition coefficient (Wildman–Crippen LogP) is 2.05. The van der Waals surface area contributed by atoms with Crippen molar-refractivity contribution in [2.45, 2.75) is 32.7 Å². The summed E-state index contributed by atoms with van der Waals surface area (Å²) in [5.41, 5.74) is 0.683. The number of nitrogens with zero attached hydrogens (tertiary/aromatic N) is 2. The molecule has 1 heterocycles. The Hall–Kier alpha value is -2.57. The number of carbonyl (C=O) groups excluding carboxylic acids is 3. The van der Waals surface area contributed by atoms with Crippen molar-refractivity contribution in [3.05, 3.63) is 24.3 Å². The van der Waals surface area contributed by atoms with E-state index in [1.165, 1.54) is 0 Å². The fraction of sp³-hybridized carbons (Fsp3) is 0.500. The first-order valence-electron chi connectivity index (χ1n) is 8.34. The van der Waals surface area contributed by atoms with Crippen molar-refractivity contribution in [2.75, 3.05) is 30.9 Å². The number of rotatable bonds is 6. The highest BCUT2D eigenvalue weighted by atomic mass is 16.2. The number of hydrogen-bond donors (Lipinski definition) is 2. The maximum atomic E-state index is 12.5. The van der Waals surface area contributed by atoms with Crippen LogP contribution in [0.3, 0.4) is 0 Å².